The van der Waals surface area contributed by atoms with Crippen molar-refractivity contribution in [3.8, 4) is 11.5 Å². The minimum atomic E-state index is -0.255. The maximum atomic E-state index is 9.81. The zero-order valence-electron chi connectivity index (χ0n) is 16.6. The van der Waals surface area contributed by atoms with Gasteiger partial charge < -0.3 is 14.6 Å². The van der Waals surface area contributed by atoms with Crippen LogP contribution in [-0.2, 0) is 6.42 Å². The first-order chi connectivity index (χ1) is 12.0. The lowest BCUT2D eigenvalue weighted by Gasteiger charge is -2.17. The fraction of sp³-hybridized carbons (Fsp3) is 0.727. The van der Waals surface area contributed by atoms with Crippen LogP contribution in [0.5, 0.6) is 11.5 Å². The van der Waals surface area contributed by atoms with E-state index >= 15 is 0 Å². The summed E-state index contributed by atoms with van der Waals surface area (Å²) < 4.78 is 11.0. The maximum absolute atomic E-state index is 9.81. The monoisotopic (exact) mass is 348 g/mol. The first-order valence-electron chi connectivity index (χ1n) is 9.94. The van der Waals surface area contributed by atoms with Crippen LogP contribution in [0.2, 0.25) is 0 Å². The molecule has 0 radical (unpaired) electrons. The van der Waals surface area contributed by atoms with Gasteiger partial charge in [-0.15, -0.1) is 0 Å². The van der Waals surface area contributed by atoms with Crippen molar-refractivity contribution >= 4 is 0 Å². The van der Waals surface area contributed by atoms with E-state index in [0.29, 0.717) is 0 Å². The summed E-state index contributed by atoms with van der Waals surface area (Å²) in [5.74, 6) is 1.71. The maximum Gasteiger partial charge on any atom is 0.163 e. The van der Waals surface area contributed by atoms with Gasteiger partial charge >= 0.3 is 0 Å². The van der Waals surface area contributed by atoms with Gasteiger partial charge in [-0.3, -0.25) is 0 Å². The van der Waals surface area contributed by atoms with Crippen molar-refractivity contribution in [2.45, 2.75) is 90.1 Å². The standard InChI is InChI=1S/C22H36O3/c1-17-16-20(24-3)21(25-4)18(2)19(17)12-10-8-6-5-7-9-11-13-22(23)14-15-22/h16,23H,5-15H2,1-4H3. The van der Waals surface area contributed by atoms with Crippen LogP contribution in [0, 0.1) is 13.8 Å². The van der Waals surface area contributed by atoms with Crippen molar-refractivity contribution < 1.29 is 14.6 Å². The van der Waals surface area contributed by atoms with Crippen molar-refractivity contribution in [1.29, 1.82) is 0 Å². The number of hydrogen-bond donors (Lipinski definition) is 1. The zero-order chi connectivity index (χ0) is 18.3. The van der Waals surface area contributed by atoms with Gasteiger partial charge in [0.15, 0.2) is 11.5 Å². The van der Waals surface area contributed by atoms with Crippen LogP contribution in [0.3, 0.4) is 0 Å². The summed E-state index contributed by atoms with van der Waals surface area (Å²) in [5.41, 5.74) is 3.68. The number of ether oxygens (including phenoxy) is 2. The van der Waals surface area contributed by atoms with Crippen LogP contribution in [-0.4, -0.2) is 24.9 Å². The number of aryl methyl sites for hydroxylation is 1. The first-order valence-corrected chi connectivity index (χ1v) is 9.94. The van der Waals surface area contributed by atoms with E-state index in [9.17, 15) is 5.11 Å². The summed E-state index contributed by atoms with van der Waals surface area (Å²) in [5, 5.41) is 9.81. The average molecular weight is 349 g/mol. The molecule has 0 spiro atoms. The highest BCUT2D eigenvalue weighted by atomic mass is 16.5. The molecule has 1 aliphatic carbocycles. The molecular formula is C22H36O3. The molecule has 0 unspecified atom stereocenters. The smallest absolute Gasteiger partial charge is 0.163 e. The Kier molecular flexibility index (Phi) is 7.61. The minimum Gasteiger partial charge on any atom is -0.493 e. The van der Waals surface area contributed by atoms with Crippen LogP contribution in [0.25, 0.3) is 0 Å². The van der Waals surface area contributed by atoms with Crippen molar-refractivity contribution in [2.75, 3.05) is 14.2 Å². The van der Waals surface area contributed by atoms with E-state index in [-0.39, 0.29) is 5.60 Å². The fourth-order valence-electron chi connectivity index (χ4n) is 3.79. The molecule has 0 atom stereocenters. The summed E-state index contributed by atoms with van der Waals surface area (Å²) in [6, 6.07) is 2.09. The quantitative estimate of drug-likeness (QED) is 0.506. The first kappa shape index (κ1) is 20.1. The molecule has 1 saturated carbocycles. The van der Waals surface area contributed by atoms with E-state index in [1.807, 2.05) is 0 Å². The Morgan fingerprint density at radius 3 is 2.08 bits per heavy atom. The molecule has 2 rings (SSSR count). The van der Waals surface area contributed by atoms with Crippen molar-refractivity contribution in [1.82, 2.24) is 0 Å². The number of methoxy groups -OCH3 is 2. The lowest BCUT2D eigenvalue weighted by atomic mass is 9.95. The SMILES string of the molecule is COc1cc(C)c(CCCCCCCCCC2(O)CC2)c(C)c1OC. The van der Waals surface area contributed by atoms with E-state index in [1.165, 1.54) is 61.6 Å². The molecular weight excluding hydrogens is 312 g/mol. The largest absolute Gasteiger partial charge is 0.493 e. The Hall–Kier alpha value is -1.22. The van der Waals surface area contributed by atoms with Gasteiger partial charge in [-0.25, -0.2) is 0 Å². The highest BCUT2D eigenvalue weighted by molar-refractivity contribution is 5.53. The summed E-state index contributed by atoms with van der Waals surface area (Å²) in [6.07, 6.45) is 13.1. The Balaban J connectivity index is 1.64. The molecule has 0 aromatic heterocycles. The van der Waals surface area contributed by atoms with Gasteiger partial charge in [-0.2, -0.15) is 0 Å². The molecule has 142 valence electrons. The van der Waals surface area contributed by atoms with Crippen molar-refractivity contribution in [3.05, 3.63) is 22.8 Å². The second-order valence-corrected chi connectivity index (χ2v) is 7.73. The second kappa shape index (κ2) is 9.47. The molecule has 1 N–H and O–H groups in total. The topological polar surface area (TPSA) is 38.7 Å². The van der Waals surface area contributed by atoms with Gasteiger partial charge in [0.1, 0.15) is 0 Å². The van der Waals surface area contributed by atoms with Crippen LogP contribution in [0.4, 0.5) is 0 Å². The minimum absolute atomic E-state index is 0.255. The zero-order valence-corrected chi connectivity index (χ0v) is 16.6. The van der Waals surface area contributed by atoms with Crippen molar-refractivity contribution in [2.24, 2.45) is 0 Å². The molecule has 3 nitrogen and oxygen atoms in total. The molecule has 3 heteroatoms. The Morgan fingerprint density at radius 2 is 1.52 bits per heavy atom. The molecule has 1 aliphatic rings. The van der Waals surface area contributed by atoms with E-state index in [2.05, 4.69) is 19.9 Å². The van der Waals surface area contributed by atoms with Gasteiger partial charge in [0.2, 0.25) is 0 Å². The molecule has 0 amide bonds. The van der Waals surface area contributed by atoms with Gasteiger partial charge in [-0.1, -0.05) is 38.5 Å². The third kappa shape index (κ3) is 5.91. The van der Waals surface area contributed by atoms with Gasteiger partial charge in [-0.05, 0) is 68.7 Å². The van der Waals surface area contributed by atoms with Gasteiger partial charge in [0.25, 0.3) is 0 Å². The lowest BCUT2D eigenvalue weighted by molar-refractivity contribution is 0.136. The van der Waals surface area contributed by atoms with Gasteiger partial charge in [0.05, 0.1) is 19.8 Å². The van der Waals surface area contributed by atoms with Crippen LogP contribution < -0.4 is 9.47 Å². The van der Waals surface area contributed by atoms with E-state index in [4.69, 9.17) is 9.47 Å². The number of benzene rings is 1. The molecule has 0 aliphatic heterocycles. The average Bonchev–Trinajstić information content (AvgIpc) is 3.32. The third-order valence-electron chi connectivity index (χ3n) is 5.66. The van der Waals surface area contributed by atoms with Crippen LogP contribution in [0.1, 0.15) is 80.9 Å². The molecule has 0 bridgehead atoms. The lowest BCUT2D eigenvalue weighted by Crippen LogP contribution is -2.05. The fourth-order valence-corrected chi connectivity index (χ4v) is 3.79. The van der Waals surface area contributed by atoms with Crippen molar-refractivity contribution in [3.63, 3.8) is 0 Å². The predicted molar refractivity (Wildman–Crippen MR) is 104 cm³/mol. The van der Waals surface area contributed by atoms with E-state index in [1.54, 1.807) is 14.2 Å². The summed E-state index contributed by atoms with van der Waals surface area (Å²) in [7, 11) is 3.41. The van der Waals surface area contributed by atoms with E-state index < -0.39 is 0 Å². The Bertz CT molecular complexity index is 547. The Morgan fingerprint density at radius 1 is 0.920 bits per heavy atom. The summed E-state index contributed by atoms with van der Waals surface area (Å²) in [6.45, 7) is 4.30. The van der Waals surface area contributed by atoms with Crippen LogP contribution in [0.15, 0.2) is 6.07 Å². The molecule has 25 heavy (non-hydrogen) atoms. The summed E-state index contributed by atoms with van der Waals surface area (Å²) >= 11 is 0. The summed E-state index contributed by atoms with van der Waals surface area (Å²) in [4.78, 5) is 0. The van der Waals surface area contributed by atoms with E-state index in [0.717, 1.165) is 37.2 Å². The third-order valence-corrected chi connectivity index (χ3v) is 5.66. The molecule has 1 aromatic rings. The number of aliphatic hydroxyl groups is 1. The highest BCUT2D eigenvalue weighted by Gasteiger charge is 2.39. The van der Waals surface area contributed by atoms with Gasteiger partial charge in [0, 0.05) is 0 Å². The number of rotatable bonds is 12. The predicted octanol–water partition coefficient (Wildman–Crippen LogP) is 5.51. The molecule has 1 aromatic carbocycles. The number of hydrogen-bond acceptors (Lipinski definition) is 3. The normalized spacial score (nSPS) is 15.2. The Labute approximate surface area is 153 Å². The molecule has 0 heterocycles. The number of unbranched alkanes of at least 4 members (excludes halogenated alkanes) is 6. The van der Waals surface area contributed by atoms with Crippen LogP contribution >= 0.6 is 0 Å². The molecule has 0 saturated heterocycles. The highest BCUT2D eigenvalue weighted by Crippen LogP contribution is 2.39. The molecule has 1 fully saturated rings. The second-order valence-electron chi connectivity index (χ2n) is 7.73.